The number of nitrogens with zero attached hydrogens (tertiary/aromatic N) is 1. The SMILES string of the molecule is CCOc1cc(Oc2ccc(C(F)(F)F)cc2Cl)ccc1[N+](=O)[O-].NC(O)=S.NC(O)=S. The molecule has 32 heavy (non-hydrogen) atoms. The van der Waals surface area contributed by atoms with Gasteiger partial charge in [0.2, 0.25) is 5.75 Å². The monoisotopic (exact) mass is 515 g/mol. The molecule has 0 saturated carbocycles. The third-order valence-corrected chi connectivity index (χ3v) is 3.21. The van der Waals surface area contributed by atoms with Crippen LogP contribution >= 0.6 is 36.0 Å². The lowest BCUT2D eigenvalue weighted by molar-refractivity contribution is -0.385. The number of aliphatic hydroxyl groups excluding tert-OH is 2. The molecule has 0 radical (unpaired) electrons. The second-order valence-electron chi connectivity index (χ2n) is 5.24. The number of thiocarbonyl (C=S) groups is 2. The van der Waals surface area contributed by atoms with E-state index in [1.165, 1.54) is 18.2 Å². The van der Waals surface area contributed by atoms with Crippen molar-refractivity contribution in [2.24, 2.45) is 11.5 Å². The lowest BCUT2D eigenvalue weighted by atomic mass is 10.2. The molecule has 15 heteroatoms. The van der Waals surface area contributed by atoms with Crippen molar-refractivity contribution in [2.45, 2.75) is 13.1 Å². The van der Waals surface area contributed by atoms with Crippen LogP contribution in [0.25, 0.3) is 0 Å². The second-order valence-corrected chi connectivity index (χ2v) is 6.48. The Morgan fingerprint density at radius 3 is 2.06 bits per heavy atom. The molecule has 0 unspecified atom stereocenters. The molecule has 2 aromatic carbocycles. The van der Waals surface area contributed by atoms with Crippen LogP contribution in [-0.4, -0.2) is 32.1 Å². The van der Waals surface area contributed by atoms with E-state index in [4.69, 9.17) is 31.3 Å². The molecule has 0 aliphatic carbocycles. The molecule has 0 aliphatic rings. The van der Waals surface area contributed by atoms with Crippen molar-refractivity contribution in [3.63, 3.8) is 0 Å². The number of ether oxygens (including phenoxy) is 2. The molecule has 9 nitrogen and oxygen atoms in total. The minimum absolute atomic E-state index is 0.0111. The summed E-state index contributed by atoms with van der Waals surface area (Å²) in [5.41, 5.74) is 7.64. The first-order chi connectivity index (χ1) is 14.7. The predicted molar refractivity (Wildman–Crippen MR) is 120 cm³/mol. The van der Waals surface area contributed by atoms with Crippen LogP contribution in [0.15, 0.2) is 36.4 Å². The first kappa shape index (κ1) is 28.9. The third-order valence-electron chi connectivity index (χ3n) is 2.91. The van der Waals surface area contributed by atoms with Gasteiger partial charge in [0, 0.05) is 12.1 Å². The summed E-state index contributed by atoms with van der Waals surface area (Å²) in [4.78, 5) is 10.3. The first-order valence-corrected chi connectivity index (χ1v) is 9.31. The Morgan fingerprint density at radius 2 is 1.66 bits per heavy atom. The summed E-state index contributed by atoms with van der Waals surface area (Å²) in [6.45, 7) is 1.86. The average Bonchev–Trinajstić information content (AvgIpc) is 2.62. The third kappa shape index (κ3) is 11.3. The molecule has 0 fully saturated rings. The fourth-order valence-electron chi connectivity index (χ4n) is 1.87. The van der Waals surface area contributed by atoms with Crippen molar-refractivity contribution >= 4 is 52.1 Å². The zero-order valence-electron chi connectivity index (χ0n) is 16.1. The van der Waals surface area contributed by atoms with Gasteiger partial charge in [0.25, 0.3) is 10.3 Å². The number of nitro benzene ring substituents is 1. The molecule has 0 aliphatic heterocycles. The molecule has 0 aromatic heterocycles. The summed E-state index contributed by atoms with van der Waals surface area (Å²) in [7, 11) is 0. The Balaban J connectivity index is 0.00000104. The molecular weight excluding hydrogens is 499 g/mol. The van der Waals surface area contributed by atoms with Gasteiger partial charge in [0.05, 0.1) is 22.1 Å². The summed E-state index contributed by atoms with van der Waals surface area (Å²) >= 11 is 13.5. The van der Waals surface area contributed by atoms with Gasteiger partial charge in [-0.25, -0.2) is 0 Å². The van der Waals surface area contributed by atoms with Crippen molar-refractivity contribution in [3.05, 3.63) is 57.1 Å². The number of rotatable bonds is 5. The van der Waals surface area contributed by atoms with Crippen LogP contribution < -0.4 is 20.9 Å². The summed E-state index contributed by atoms with van der Waals surface area (Å²) in [5, 5.41) is 24.8. The maximum atomic E-state index is 12.6. The highest BCUT2D eigenvalue weighted by Gasteiger charge is 2.31. The summed E-state index contributed by atoms with van der Waals surface area (Å²) < 4.78 is 48.4. The van der Waals surface area contributed by atoms with E-state index >= 15 is 0 Å². The van der Waals surface area contributed by atoms with Gasteiger partial charge in [-0.15, -0.1) is 0 Å². The van der Waals surface area contributed by atoms with Gasteiger partial charge in [-0.05, 0) is 55.6 Å². The number of hydrogen-bond acceptors (Lipinski definition) is 6. The number of benzene rings is 2. The largest absolute Gasteiger partial charge is 0.487 e. The smallest absolute Gasteiger partial charge is 0.416 e. The Labute approximate surface area is 195 Å². The van der Waals surface area contributed by atoms with Crippen LogP contribution in [0.4, 0.5) is 18.9 Å². The van der Waals surface area contributed by atoms with E-state index < -0.39 is 27.0 Å². The summed E-state index contributed by atoms with van der Waals surface area (Å²) in [6, 6.07) is 6.40. The van der Waals surface area contributed by atoms with Gasteiger partial charge in [0.1, 0.15) is 11.5 Å². The second kappa shape index (κ2) is 13.3. The Bertz CT molecular complexity index is 944. The highest BCUT2D eigenvalue weighted by molar-refractivity contribution is 7.80. The Morgan fingerprint density at radius 1 is 1.12 bits per heavy atom. The zero-order valence-corrected chi connectivity index (χ0v) is 18.5. The van der Waals surface area contributed by atoms with Gasteiger partial charge in [0.15, 0.2) is 0 Å². The quantitative estimate of drug-likeness (QED) is 0.242. The number of alkyl halides is 3. The van der Waals surface area contributed by atoms with Gasteiger partial charge >= 0.3 is 11.9 Å². The lowest BCUT2D eigenvalue weighted by Crippen LogP contribution is -2.04. The van der Waals surface area contributed by atoms with E-state index in [0.717, 1.165) is 18.2 Å². The first-order valence-electron chi connectivity index (χ1n) is 8.11. The summed E-state index contributed by atoms with van der Waals surface area (Å²) in [6.07, 6.45) is -4.52. The van der Waals surface area contributed by atoms with Crippen molar-refractivity contribution < 1.29 is 37.8 Å². The number of halogens is 4. The van der Waals surface area contributed by atoms with Crippen LogP contribution in [0.1, 0.15) is 12.5 Å². The fraction of sp³-hybridized carbons (Fsp3) is 0.176. The minimum atomic E-state index is -4.52. The van der Waals surface area contributed by atoms with Crippen LogP contribution in [0.3, 0.4) is 0 Å². The maximum absolute atomic E-state index is 12.6. The highest BCUT2D eigenvalue weighted by atomic mass is 35.5. The van der Waals surface area contributed by atoms with Gasteiger partial charge in [-0.3, -0.25) is 10.1 Å². The molecule has 176 valence electrons. The van der Waals surface area contributed by atoms with Crippen molar-refractivity contribution in [3.8, 4) is 17.2 Å². The fourth-order valence-corrected chi connectivity index (χ4v) is 2.09. The molecule has 0 atom stereocenters. The van der Waals surface area contributed by atoms with Crippen LogP contribution in [0.2, 0.25) is 5.02 Å². The standard InChI is InChI=1S/C15H11ClF3NO4.2CH3NOS/c1-2-23-14-8-10(4-5-12(14)20(21)22)24-13-6-3-9(7-11(13)16)15(17,18)19;2*2-1(3)4/h3-8H,2H2,1H3;2*(H3,2,3,4). The predicted octanol–water partition coefficient (Wildman–Crippen LogP) is 5.03. The Kier molecular flexibility index (Phi) is 12.0. The molecule has 6 N–H and O–H groups in total. The number of nitrogens with two attached hydrogens (primary N) is 2. The molecule has 2 rings (SSSR count). The Hall–Kier alpha value is -3.10. The minimum Gasteiger partial charge on any atom is -0.487 e. The van der Waals surface area contributed by atoms with E-state index in [1.807, 2.05) is 0 Å². The molecule has 0 bridgehead atoms. The number of aliphatic hydroxyl groups is 2. The van der Waals surface area contributed by atoms with E-state index in [1.54, 1.807) is 6.92 Å². The van der Waals surface area contributed by atoms with E-state index in [9.17, 15) is 23.3 Å². The highest BCUT2D eigenvalue weighted by Crippen LogP contribution is 2.38. The average molecular weight is 516 g/mol. The van der Waals surface area contributed by atoms with Crippen LogP contribution in [-0.2, 0) is 6.18 Å². The number of nitro groups is 1. The van der Waals surface area contributed by atoms with Crippen molar-refractivity contribution in [1.82, 2.24) is 0 Å². The van der Waals surface area contributed by atoms with E-state index in [2.05, 4.69) is 35.9 Å². The molecule has 0 amide bonds. The molecule has 0 saturated heterocycles. The van der Waals surface area contributed by atoms with Gasteiger partial charge < -0.3 is 31.2 Å². The lowest BCUT2D eigenvalue weighted by Gasteiger charge is -2.12. The molecular formula is C17H17ClF3N3O6S2. The molecule has 0 spiro atoms. The van der Waals surface area contributed by atoms with Crippen molar-refractivity contribution in [2.75, 3.05) is 6.61 Å². The normalized spacial score (nSPS) is 9.91. The van der Waals surface area contributed by atoms with Crippen molar-refractivity contribution in [1.29, 1.82) is 0 Å². The topological polar surface area (TPSA) is 154 Å². The number of hydrogen-bond donors (Lipinski definition) is 4. The molecule has 2 aromatic rings. The van der Waals surface area contributed by atoms with Gasteiger partial charge in [-0.2, -0.15) is 13.2 Å². The van der Waals surface area contributed by atoms with Gasteiger partial charge in [-0.1, -0.05) is 11.6 Å². The molecule has 0 heterocycles. The maximum Gasteiger partial charge on any atom is 0.416 e. The zero-order chi connectivity index (χ0) is 25.1. The van der Waals surface area contributed by atoms with E-state index in [0.29, 0.717) is 0 Å². The van der Waals surface area contributed by atoms with Crippen LogP contribution in [0, 0.1) is 10.1 Å². The summed E-state index contributed by atoms with van der Waals surface area (Å²) in [5.74, 6) is 0.120. The van der Waals surface area contributed by atoms with E-state index in [-0.39, 0.29) is 34.6 Å². The van der Waals surface area contributed by atoms with Crippen LogP contribution in [0.5, 0.6) is 17.2 Å².